The zero-order valence-corrected chi connectivity index (χ0v) is 11.7. The Morgan fingerprint density at radius 3 is 2.47 bits per heavy atom. The minimum atomic E-state index is 0.0508. The van der Waals surface area contributed by atoms with Crippen molar-refractivity contribution in [3.05, 3.63) is 48.2 Å². The molecule has 0 bridgehead atoms. The fourth-order valence-electron chi connectivity index (χ4n) is 2.13. The monoisotopic (exact) mass is 256 g/mol. The van der Waals surface area contributed by atoms with Crippen LogP contribution in [0.2, 0.25) is 0 Å². The second-order valence-corrected chi connectivity index (χ2v) is 4.77. The van der Waals surface area contributed by atoms with Crippen molar-refractivity contribution in [3.8, 4) is 11.3 Å². The van der Waals surface area contributed by atoms with E-state index < -0.39 is 0 Å². The van der Waals surface area contributed by atoms with Gasteiger partial charge in [0.25, 0.3) is 0 Å². The quantitative estimate of drug-likeness (QED) is 0.895. The van der Waals surface area contributed by atoms with E-state index in [0.29, 0.717) is 6.42 Å². The maximum absolute atomic E-state index is 11.4. The fraction of sp³-hybridized carbons (Fsp3) is 0.312. The highest BCUT2D eigenvalue weighted by Gasteiger charge is 2.08. The van der Waals surface area contributed by atoms with Gasteiger partial charge in [-0.25, -0.2) is 0 Å². The van der Waals surface area contributed by atoms with Crippen LogP contribution in [0.1, 0.15) is 31.9 Å². The molecule has 0 aliphatic rings. The summed E-state index contributed by atoms with van der Waals surface area (Å²) in [7, 11) is 2.04. The maximum atomic E-state index is 11.4. The van der Waals surface area contributed by atoms with Crippen LogP contribution in [0.3, 0.4) is 0 Å². The first kappa shape index (κ1) is 13.4. The maximum Gasteiger partial charge on any atom is 0.220 e. The summed E-state index contributed by atoms with van der Waals surface area (Å²) in [5.41, 5.74) is 3.50. The first-order chi connectivity index (χ1) is 9.11. The highest BCUT2D eigenvalue weighted by Crippen LogP contribution is 2.22. The van der Waals surface area contributed by atoms with Gasteiger partial charge in [0.05, 0.1) is 6.04 Å². The van der Waals surface area contributed by atoms with Gasteiger partial charge < -0.3 is 9.88 Å². The van der Waals surface area contributed by atoms with E-state index in [0.717, 1.165) is 5.56 Å². The lowest BCUT2D eigenvalue weighted by molar-refractivity contribution is -0.121. The van der Waals surface area contributed by atoms with Crippen LogP contribution in [0.15, 0.2) is 42.6 Å². The number of benzene rings is 1. The average molecular weight is 256 g/mol. The summed E-state index contributed by atoms with van der Waals surface area (Å²) in [5, 5.41) is 2.97. The second-order valence-electron chi connectivity index (χ2n) is 4.77. The highest BCUT2D eigenvalue weighted by molar-refractivity contribution is 5.76. The number of amides is 1. The minimum absolute atomic E-state index is 0.0508. The van der Waals surface area contributed by atoms with Crippen LogP contribution in [0.25, 0.3) is 11.3 Å². The molecule has 3 nitrogen and oxygen atoms in total. The van der Waals surface area contributed by atoms with E-state index in [2.05, 4.69) is 40.2 Å². The van der Waals surface area contributed by atoms with Crippen LogP contribution in [-0.2, 0) is 11.8 Å². The van der Waals surface area contributed by atoms with E-state index in [1.54, 1.807) is 0 Å². The largest absolute Gasteiger partial charge is 0.351 e. The third-order valence-electron chi connectivity index (χ3n) is 3.35. The molecule has 1 N–H and O–H groups in total. The van der Waals surface area contributed by atoms with Crippen molar-refractivity contribution in [1.82, 2.24) is 9.88 Å². The van der Waals surface area contributed by atoms with Crippen LogP contribution in [0.5, 0.6) is 0 Å². The molecule has 1 unspecified atom stereocenters. The molecule has 0 aliphatic heterocycles. The summed E-state index contributed by atoms with van der Waals surface area (Å²) >= 11 is 0. The number of hydrogen-bond acceptors (Lipinski definition) is 1. The summed E-state index contributed by atoms with van der Waals surface area (Å²) in [4.78, 5) is 11.4. The van der Waals surface area contributed by atoms with Gasteiger partial charge in [-0.1, -0.05) is 31.2 Å². The van der Waals surface area contributed by atoms with Crippen molar-refractivity contribution >= 4 is 5.91 Å². The second kappa shape index (κ2) is 5.74. The van der Waals surface area contributed by atoms with Crippen molar-refractivity contribution in [3.63, 3.8) is 0 Å². The molecule has 3 heteroatoms. The van der Waals surface area contributed by atoms with Gasteiger partial charge in [-0.15, -0.1) is 0 Å². The van der Waals surface area contributed by atoms with Crippen LogP contribution in [0.4, 0.5) is 0 Å². The first-order valence-corrected chi connectivity index (χ1v) is 6.63. The summed E-state index contributed by atoms with van der Waals surface area (Å²) in [5.74, 6) is 0.0824. The molecule has 1 amide bonds. The van der Waals surface area contributed by atoms with Crippen molar-refractivity contribution < 1.29 is 4.79 Å². The summed E-state index contributed by atoms with van der Waals surface area (Å²) in [6.45, 7) is 3.87. The zero-order chi connectivity index (χ0) is 13.8. The summed E-state index contributed by atoms with van der Waals surface area (Å²) in [6, 6.07) is 12.5. The Morgan fingerprint density at radius 1 is 1.26 bits per heavy atom. The Bertz CT molecular complexity index is 554. The van der Waals surface area contributed by atoms with E-state index in [4.69, 9.17) is 0 Å². The van der Waals surface area contributed by atoms with Gasteiger partial charge in [0.2, 0.25) is 5.91 Å². The molecule has 0 radical (unpaired) electrons. The van der Waals surface area contributed by atoms with Gasteiger partial charge in [-0.3, -0.25) is 4.79 Å². The fourth-order valence-corrected chi connectivity index (χ4v) is 2.13. The van der Waals surface area contributed by atoms with E-state index in [1.165, 1.54) is 11.3 Å². The van der Waals surface area contributed by atoms with Crippen LogP contribution in [0, 0.1) is 0 Å². The molecule has 0 fully saturated rings. The van der Waals surface area contributed by atoms with E-state index in [1.807, 2.05) is 33.2 Å². The normalized spacial score (nSPS) is 12.2. The predicted molar refractivity (Wildman–Crippen MR) is 77.7 cm³/mol. The predicted octanol–water partition coefficient (Wildman–Crippen LogP) is 3.28. The number of aryl methyl sites for hydroxylation is 1. The van der Waals surface area contributed by atoms with Crippen LogP contribution < -0.4 is 5.32 Å². The number of carbonyl (C=O) groups is 1. The standard InChI is InChI=1S/C16H20N2O/c1-4-16(19)17-12(2)13-7-9-14(10-8-13)15-6-5-11-18(15)3/h5-12H,4H2,1-3H3,(H,17,19). The SMILES string of the molecule is CCC(=O)NC(C)c1ccc(-c2cccn2C)cc1. The molecule has 0 saturated heterocycles. The number of nitrogens with zero attached hydrogens (tertiary/aromatic N) is 1. The molecule has 0 aliphatic carbocycles. The third-order valence-corrected chi connectivity index (χ3v) is 3.35. The number of hydrogen-bond donors (Lipinski definition) is 1. The van der Waals surface area contributed by atoms with Gasteiger partial charge in [0, 0.05) is 25.4 Å². The van der Waals surface area contributed by atoms with Crippen molar-refractivity contribution in [1.29, 1.82) is 0 Å². The number of nitrogens with one attached hydrogen (secondary N) is 1. The molecule has 0 saturated carbocycles. The number of rotatable bonds is 4. The molecular weight excluding hydrogens is 236 g/mol. The van der Waals surface area contributed by atoms with Crippen LogP contribution >= 0.6 is 0 Å². The number of carbonyl (C=O) groups excluding carboxylic acids is 1. The first-order valence-electron chi connectivity index (χ1n) is 6.63. The van der Waals surface area contributed by atoms with Crippen molar-refractivity contribution in [2.75, 3.05) is 0 Å². The molecule has 19 heavy (non-hydrogen) atoms. The molecule has 1 aromatic carbocycles. The lowest BCUT2D eigenvalue weighted by Crippen LogP contribution is -2.25. The third kappa shape index (κ3) is 3.05. The smallest absolute Gasteiger partial charge is 0.220 e. The van der Waals surface area contributed by atoms with Crippen molar-refractivity contribution in [2.45, 2.75) is 26.3 Å². The molecule has 2 rings (SSSR count). The lowest BCUT2D eigenvalue weighted by atomic mass is 10.0. The van der Waals surface area contributed by atoms with Crippen molar-refractivity contribution in [2.24, 2.45) is 7.05 Å². The van der Waals surface area contributed by atoms with Gasteiger partial charge in [-0.05, 0) is 30.2 Å². The van der Waals surface area contributed by atoms with E-state index in [9.17, 15) is 4.79 Å². The molecule has 1 atom stereocenters. The Morgan fingerprint density at radius 2 is 1.95 bits per heavy atom. The van der Waals surface area contributed by atoms with Gasteiger partial charge in [0.1, 0.15) is 0 Å². The summed E-state index contributed by atoms with van der Waals surface area (Å²) in [6.07, 6.45) is 2.55. The Kier molecular flexibility index (Phi) is 4.05. The van der Waals surface area contributed by atoms with Crippen LogP contribution in [-0.4, -0.2) is 10.5 Å². The van der Waals surface area contributed by atoms with Gasteiger partial charge in [-0.2, -0.15) is 0 Å². The molecular formula is C16H20N2O. The van der Waals surface area contributed by atoms with Gasteiger partial charge in [0.15, 0.2) is 0 Å². The Labute approximate surface area is 114 Å². The zero-order valence-electron chi connectivity index (χ0n) is 11.7. The molecule has 1 heterocycles. The number of aromatic nitrogens is 1. The minimum Gasteiger partial charge on any atom is -0.351 e. The molecule has 0 spiro atoms. The highest BCUT2D eigenvalue weighted by atomic mass is 16.1. The van der Waals surface area contributed by atoms with E-state index in [-0.39, 0.29) is 11.9 Å². The van der Waals surface area contributed by atoms with E-state index >= 15 is 0 Å². The summed E-state index contributed by atoms with van der Waals surface area (Å²) < 4.78 is 2.09. The molecule has 1 aromatic heterocycles. The average Bonchev–Trinajstić information content (AvgIpc) is 2.85. The lowest BCUT2D eigenvalue weighted by Gasteiger charge is -2.14. The molecule has 100 valence electrons. The Hall–Kier alpha value is -2.03. The Balaban J connectivity index is 2.15. The topological polar surface area (TPSA) is 34.0 Å². The van der Waals surface area contributed by atoms with Gasteiger partial charge >= 0.3 is 0 Å². The molecule has 2 aromatic rings.